The van der Waals surface area contributed by atoms with Gasteiger partial charge in [-0.25, -0.2) is 9.18 Å². The summed E-state index contributed by atoms with van der Waals surface area (Å²) in [6.07, 6.45) is 0.140. The number of rotatable bonds is 5. The van der Waals surface area contributed by atoms with Crippen molar-refractivity contribution in [2.75, 3.05) is 19.5 Å². The van der Waals surface area contributed by atoms with Gasteiger partial charge in [0, 0.05) is 18.4 Å². The molecule has 0 saturated carbocycles. The third-order valence-electron chi connectivity index (χ3n) is 4.97. The van der Waals surface area contributed by atoms with E-state index in [0.29, 0.717) is 22.1 Å². The summed E-state index contributed by atoms with van der Waals surface area (Å²) in [5.74, 6) is -0.984. The Morgan fingerprint density at radius 1 is 1.17 bits per heavy atom. The SMILES string of the molecule is COC(=O)C1=C(C)N(C)C(=S)N[C@@H]1c1ccc(NC(=O)Cc2ccc(F)cc2)cc1. The number of amides is 1. The monoisotopic (exact) mass is 427 g/mol. The van der Waals surface area contributed by atoms with E-state index in [0.717, 1.165) is 11.1 Å². The maximum atomic E-state index is 13.0. The summed E-state index contributed by atoms with van der Waals surface area (Å²) in [5.41, 5.74) is 3.33. The molecule has 2 N–H and O–H groups in total. The fourth-order valence-electron chi connectivity index (χ4n) is 3.21. The lowest BCUT2D eigenvalue weighted by molar-refractivity contribution is -0.136. The van der Waals surface area contributed by atoms with Crippen LogP contribution < -0.4 is 10.6 Å². The van der Waals surface area contributed by atoms with Gasteiger partial charge in [-0.1, -0.05) is 24.3 Å². The number of nitrogens with one attached hydrogen (secondary N) is 2. The molecular formula is C22H22FN3O3S. The standard InChI is InChI=1S/C22H22FN3O3S/c1-13-19(21(28)29-3)20(25-22(30)26(13)2)15-6-10-17(11-7-15)24-18(27)12-14-4-8-16(23)9-5-14/h4-11,20H,12H2,1-3H3,(H,24,27)(H,25,30)/t20-/m1/s1. The van der Waals surface area contributed by atoms with Crippen LogP contribution in [-0.2, 0) is 20.7 Å². The van der Waals surface area contributed by atoms with Gasteiger partial charge in [0.25, 0.3) is 0 Å². The molecule has 0 bridgehead atoms. The molecule has 0 aliphatic carbocycles. The van der Waals surface area contributed by atoms with Crippen LogP contribution in [0.5, 0.6) is 0 Å². The Kier molecular flexibility index (Phi) is 6.47. The molecule has 8 heteroatoms. The van der Waals surface area contributed by atoms with Crippen LogP contribution in [0, 0.1) is 5.82 Å². The minimum atomic E-state index is -0.454. The molecule has 2 aromatic rings. The number of thiocarbonyl (C=S) groups is 1. The van der Waals surface area contributed by atoms with Gasteiger partial charge in [0.1, 0.15) is 5.82 Å². The van der Waals surface area contributed by atoms with Crippen LogP contribution in [0.25, 0.3) is 0 Å². The second-order valence-corrected chi connectivity index (χ2v) is 7.29. The molecule has 0 radical (unpaired) electrons. The largest absolute Gasteiger partial charge is 0.466 e. The number of ether oxygens (including phenoxy) is 1. The predicted octanol–water partition coefficient (Wildman–Crippen LogP) is 3.31. The molecule has 0 saturated heterocycles. The number of hydrogen-bond donors (Lipinski definition) is 2. The number of methoxy groups -OCH3 is 1. The number of carbonyl (C=O) groups excluding carboxylic acids is 2. The van der Waals surface area contributed by atoms with E-state index in [1.54, 1.807) is 36.2 Å². The van der Waals surface area contributed by atoms with Crippen molar-refractivity contribution in [2.24, 2.45) is 0 Å². The first-order valence-corrected chi connectivity index (χ1v) is 9.68. The molecule has 0 spiro atoms. The van der Waals surface area contributed by atoms with Gasteiger partial charge >= 0.3 is 5.97 Å². The van der Waals surface area contributed by atoms with Gasteiger partial charge in [-0.15, -0.1) is 0 Å². The first kappa shape index (κ1) is 21.4. The normalized spacial score (nSPS) is 16.2. The highest BCUT2D eigenvalue weighted by molar-refractivity contribution is 7.80. The van der Waals surface area contributed by atoms with Crippen LogP contribution in [0.3, 0.4) is 0 Å². The number of carbonyl (C=O) groups is 2. The molecule has 0 aromatic heterocycles. The molecule has 1 aliphatic rings. The van der Waals surface area contributed by atoms with Crippen LogP contribution >= 0.6 is 12.2 Å². The van der Waals surface area contributed by atoms with E-state index in [2.05, 4.69) is 10.6 Å². The first-order valence-electron chi connectivity index (χ1n) is 9.27. The summed E-state index contributed by atoms with van der Waals surface area (Å²) in [6.45, 7) is 1.82. The second kappa shape index (κ2) is 9.04. The molecule has 30 heavy (non-hydrogen) atoms. The number of halogens is 1. The fraction of sp³-hybridized carbons (Fsp3) is 0.227. The van der Waals surface area contributed by atoms with Gasteiger partial charge < -0.3 is 20.3 Å². The highest BCUT2D eigenvalue weighted by Crippen LogP contribution is 2.31. The quantitative estimate of drug-likeness (QED) is 0.564. The van der Waals surface area contributed by atoms with Crippen LogP contribution in [0.4, 0.5) is 10.1 Å². The molecular weight excluding hydrogens is 405 g/mol. The minimum absolute atomic E-state index is 0.140. The summed E-state index contributed by atoms with van der Waals surface area (Å²) < 4.78 is 17.9. The maximum absolute atomic E-state index is 13.0. The number of benzene rings is 2. The van der Waals surface area contributed by atoms with Crippen LogP contribution in [0.1, 0.15) is 24.1 Å². The van der Waals surface area contributed by atoms with Gasteiger partial charge in [0.05, 0.1) is 25.1 Å². The molecule has 156 valence electrons. The molecule has 3 rings (SSSR count). The van der Waals surface area contributed by atoms with Crippen molar-refractivity contribution in [3.05, 3.63) is 76.7 Å². The molecule has 1 amide bonds. The van der Waals surface area contributed by atoms with Crippen molar-refractivity contribution in [1.29, 1.82) is 0 Å². The summed E-state index contributed by atoms with van der Waals surface area (Å²) in [5, 5.41) is 6.47. The number of nitrogens with zero attached hydrogens (tertiary/aromatic N) is 1. The lowest BCUT2D eigenvalue weighted by Gasteiger charge is -2.35. The Morgan fingerprint density at radius 3 is 2.40 bits per heavy atom. The zero-order chi connectivity index (χ0) is 21.8. The van der Waals surface area contributed by atoms with E-state index < -0.39 is 12.0 Å². The molecule has 0 fully saturated rings. The van der Waals surface area contributed by atoms with Gasteiger partial charge in [0.2, 0.25) is 5.91 Å². The van der Waals surface area contributed by atoms with Crippen molar-refractivity contribution in [2.45, 2.75) is 19.4 Å². The lowest BCUT2D eigenvalue weighted by atomic mass is 9.95. The Morgan fingerprint density at radius 2 is 1.80 bits per heavy atom. The van der Waals surface area contributed by atoms with Crippen molar-refractivity contribution in [3.63, 3.8) is 0 Å². The van der Waals surface area contributed by atoms with Crippen molar-refractivity contribution >= 4 is 34.9 Å². The van der Waals surface area contributed by atoms with E-state index in [9.17, 15) is 14.0 Å². The highest BCUT2D eigenvalue weighted by Gasteiger charge is 2.33. The Bertz CT molecular complexity index is 1000. The van der Waals surface area contributed by atoms with Crippen molar-refractivity contribution in [3.8, 4) is 0 Å². The van der Waals surface area contributed by atoms with Crippen LogP contribution in [-0.4, -0.2) is 36.0 Å². The average Bonchev–Trinajstić information content (AvgIpc) is 2.73. The van der Waals surface area contributed by atoms with Gasteiger partial charge in [-0.2, -0.15) is 0 Å². The predicted molar refractivity (Wildman–Crippen MR) is 116 cm³/mol. The summed E-state index contributed by atoms with van der Waals surface area (Å²) in [7, 11) is 3.12. The number of esters is 1. The lowest BCUT2D eigenvalue weighted by Crippen LogP contribution is -2.46. The van der Waals surface area contributed by atoms with Crippen LogP contribution in [0.15, 0.2) is 59.8 Å². The smallest absolute Gasteiger partial charge is 0.337 e. The topological polar surface area (TPSA) is 70.7 Å². The molecule has 1 heterocycles. The summed E-state index contributed by atoms with van der Waals surface area (Å²) >= 11 is 5.36. The van der Waals surface area contributed by atoms with E-state index in [1.807, 2.05) is 19.1 Å². The average molecular weight is 428 g/mol. The third kappa shape index (κ3) is 4.65. The molecule has 6 nitrogen and oxygen atoms in total. The van der Waals surface area contributed by atoms with Gasteiger partial charge in [0.15, 0.2) is 5.11 Å². The Hall–Kier alpha value is -3.26. The Balaban J connectivity index is 1.75. The van der Waals surface area contributed by atoms with Gasteiger partial charge in [-0.3, -0.25) is 4.79 Å². The van der Waals surface area contributed by atoms with E-state index in [4.69, 9.17) is 17.0 Å². The zero-order valence-electron chi connectivity index (χ0n) is 16.9. The van der Waals surface area contributed by atoms with Gasteiger partial charge in [-0.05, 0) is 54.5 Å². The van der Waals surface area contributed by atoms with E-state index in [1.165, 1.54) is 19.2 Å². The fourth-order valence-corrected chi connectivity index (χ4v) is 3.47. The minimum Gasteiger partial charge on any atom is -0.466 e. The second-order valence-electron chi connectivity index (χ2n) is 6.91. The highest BCUT2D eigenvalue weighted by atomic mass is 32.1. The first-order chi connectivity index (χ1) is 14.3. The third-order valence-corrected chi connectivity index (χ3v) is 5.36. The molecule has 0 unspecified atom stereocenters. The number of allylic oxidation sites excluding steroid dienone is 1. The molecule has 1 aliphatic heterocycles. The van der Waals surface area contributed by atoms with E-state index >= 15 is 0 Å². The van der Waals surface area contributed by atoms with Crippen LogP contribution in [0.2, 0.25) is 0 Å². The molecule has 1 atom stereocenters. The summed E-state index contributed by atoms with van der Waals surface area (Å²) in [4.78, 5) is 26.3. The van der Waals surface area contributed by atoms with Crippen molar-refractivity contribution < 1.29 is 18.7 Å². The maximum Gasteiger partial charge on any atom is 0.337 e. The van der Waals surface area contributed by atoms with Crippen molar-refractivity contribution in [1.82, 2.24) is 10.2 Å². The summed E-state index contributed by atoms with van der Waals surface area (Å²) in [6, 6.07) is 12.5. The molecule has 2 aromatic carbocycles. The Labute approximate surface area is 179 Å². The number of anilines is 1. The zero-order valence-corrected chi connectivity index (χ0v) is 17.7. The number of hydrogen-bond acceptors (Lipinski definition) is 4. The van der Waals surface area contributed by atoms with E-state index in [-0.39, 0.29) is 18.1 Å².